The lowest BCUT2D eigenvalue weighted by atomic mass is 9.70. The molecule has 1 unspecified atom stereocenters. The van der Waals surface area contributed by atoms with Crippen LogP contribution in [0, 0.1) is 11.8 Å². The molecule has 5 nitrogen and oxygen atoms in total. The summed E-state index contributed by atoms with van der Waals surface area (Å²) in [5, 5.41) is 11.0. The molecule has 1 heterocycles. The number of carbonyl (C=O) groups is 2. The van der Waals surface area contributed by atoms with Gasteiger partial charge in [-0.3, -0.25) is 9.59 Å². The molecule has 1 aliphatic heterocycles. The van der Waals surface area contributed by atoms with Crippen LogP contribution >= 0.6 is 0 Å². The molecule has 3 N–H and O–H groups in total. The SMILES string of the molecule is CC(=O)c1ccccc1C1(C(C(=O)NC2CCCCC2)C2CCCCC2)Nc2ccccc2N1. The van der Waals surface area contributed by atoms with Gasteiger partial charge in [0.05, 0.1) is 17.3 Å². The highest BCUT2D eigenvalue weighted by atomic mass is 16.2. The second kappa shape index (κ2) is 9.81. The summed E-state index contributed by atoms with van der Waals surface area (Å²) in [5.74, 6) is 0.0452. The lowest BCUT2D eigenvalue weighted by molar-refractivity contribution is -0.130. The maximum atomic E-state index is 14.2. The van der Waals surface area contributed by atoms with Gasteiger partial charge in [-0.05, 0) is 50.7 Å². The predicted octanol–water partition coefficient (Wildman–Crippen LogP) is 6.23. The van der Waals surface area contributed by atoms with E-state index in [1.165, 1.54) is 25.7 Å². The van der Waals surface area contributed by atoms with Crippen molar-refractivity contribution in [2.45, 2.75) is 82.8 Å². The van der Waals surface area contributed by atoms with Crippen LogP contribution in [0.5, 0.6) is 0 Å². The zero-order valence-corrected chi connectivity index (χ0v) is 20.2. The standard InChI is InChI=1S/C29H37N3O2/c1-20(33)23-16-8-9-17-24(23)29(31-25-18-10-11-19-26(25)32-29)27(21-12-4-2-5-13-21)28(34)30-22-14-6-3-7-15-22/h8-11,16-19,21-22,27,31-32H,2-7,12-15H2,1H3,(H,30,34). The Morgan fingerprint density at radius 2 is 1.38 bits per heavy atom. The van der Waals surface area contributed by atoms with Crippen LogP contribution in [0.4, 0.5) is 11.4 Å². The highest BCUT2D eigenvalue weighted by Crippen LogP contribution is 2.49. The number of anilines is 2. The molecule has 0 spiro atoms. The minimum atomic E-state index is -0.868. The summed E-state index contributed by atoms with van der Waals surface area (Å²) >= 11 is 0. The number of fused-ring (bicyclic) bond motifs is 1. The number of ketones is 1. The Kier molecular flexibility index (Phi) is 6.62. The summed E-state index contributed by atoms with van der Waals surface area (Å²) in [6.07, 6.45) is 11.3. The molecule has 5 heteroatoms. The van der Waals surface area contributed by atoms with Gasteiger partial charge in [0, 0.05) is 17.2 Å². The number of hydrogen-bond acceptors (Lipinski definition) is 4. The van der Waals surface area contributed by atoms with Crippen molar-refractivity contribution in [1.82, 2.24) is 5.32 Å². The smallest absolute Gasteiger partial charge is 0.228 e. The fraction of sp³-hybridized carbons (Fsp3) is 0.517. The van der Waals surface area contributed by atoms with Gasteiger partial charge in [0.25, 0.3) is 0 Å². The van der Waals surface area contributed by atoms with E-state index in [-0.39, 0.29) is 29.6 Å². The van der Waals surface area contributed by atoms with E-state index in [1.54, 1.807) is 6.92 Å². The second-order valence-corrected chi connectivity index (χ2v) is 10.4. The molecular formula is C29H37N3O2. The van der Waals surface area contributed by atoms with Gasteiger partial charge in [-0.1, -0.05) is 74.9 Å². The summed E-state index contributed by atoms with van der Waals surface area (Å²) < 4.78 is 0. The van der Waals surface area contributed by atoms with E-state index >= 15 is 0 Å². The van der Waals surface area contributed by atoms with Crippen molar-refractivity contribution in [2.24, 2.45) is 11.8 Å². The molecule has 2 aromatic carbocycles. The normalized spacial score (nSPS) is 21.1. The topological polar surface area (TPSA) is 70.2 Å². The van der Waals surface area contributed by atoms with Gasteiger partial charge in [-0.15, -0.1) is 0 Å². The maximum absolute atomic E-state index is 14.2. The molecule has 3 aliphatic rings. The van der Waals surface area contributed by atoms with Crippen molar-refractivity contribution in [1.29, 1.82) is 0 Å². The lowest BCUT2D eigenvalue weighted by Gasteiger charge is -2.44. The van der Waals surface area contributed by atoms with Crippen LogP contribution in [0.1, 0.15) is 87.1 Å². The van der Waals surface area contributed by atoms with Crippen molar-refractivity contribution >= 4 is 23.1 Å². The molecule has 0 bridgehead atoms. The first-order chi connectivity index (χ1) is 16.6. The number of carbonyl (C=O) groups excluding carboxylic acids is 2. The van der Waals surface area contributed by atoms with Gasteiger partial charge < -0.3 is 16.0 Å². The first kappa shape index (κ1) is 22.9. The van der Waals surface area contributed by atoms with Gasteiger partial charge in [0.15, 0.2) is 5.78 Å². The van der Waals surface area contributed by atoms with Crippen LogP contribution in [0.2, 0.25) is 0 Å². The molecule has 180 valence electrons. The van der Waals surface area contributed by atoms with Gasteiger partial charge >= 0.3 is 0 Å². The Bertz CT molecular complexity index is 1010. The summed E-state index contributed by atoms with van der Waals surface area (Å²) in [6.45, 7) is 1.62. The first-order valence-corrected chi connectivity index (χ1v) is 13.1. The fourth-order valence-corrected chi connectivity index (χ4v) is 6.52. The van der Waals surface area contributed by atoms with E-state index in [0.717, 1.165) is 55.5 Å². The predicted molar refractivity (Wildman–Crippen MR) is 137 cm³/mol. The first-order valence-electron chi connectivity index (χ1n) is 13.1. The van der Waals surface area contributed by atoms with Gasteiger partial charge in [0.1, 0.15) is 5.66 Å². The molecule has 0 saturated heterocycles. The van der Waals surface area contributed by atoms with E-state index in [2.05, 4.69) is 28.1 Å². The third-order valence-corrected chi connectivity index (χ3v) is 8.14. The molecule has 2 aromatic rings. The molecule has 1 atom stereocenters. The number of para-hydroxylation sites is 2. The Morgan fingerprint density at radius 3 is 2.00 bits per heavy atom. The molecule has 34 heavy (non-hydrogen) atoms. The van der Waals surface area contributed by atoms with Crippen LogP contribution < -0.4 is 16.0 Å². The number of Topliss-reactive ketones (excluding diaryl/α,β-unsaturated/α-hetero) is 1. The number of amides is 1. The molecular weight excluding hydrogens is 422 g/mol. The van der Waals surface area contributed by atoms with Crippen LogP contribution in [0.3, 0.4) is 0 Å². The van der Waals surface area contributed by atoms with Crippen molar-refractivity contribution in [3.8, 4) is 0 Å². The van der Waals surface area contributed by atoms with Gasteiger partial charge in [-0.25, -0.2) is 0 Å². The molecule has 2 saturated carbocycles. The van der Waals surface area contributed by atoms with Crippen molar-refractivity contribution in [3.05, 3.63) is 59.7 Å². The fourth-order valence-electron chi connectivity index (χ4n) is 6.52. The maximum Gasteiger partial charge on any atom is 0.228 e. The average molecular weight is 460 g/mol. The Hall–Kier alpha value is -2.82. The highest BCUT2D eigenvalue weighted by Gasteiger charge is 2.53. The van der Waals surface area contributed by atoms with Gasteiger partial charge in [0.2, 0.25) is 5.91 Å². The zero-order chi connectivity index (χ0) is 23.5. The molecule has 2 fully saturated rings. The minimum Gasteiger partial charge on any atom is -0.357 e. The van der Waals surface area contributed by atoms with E-state index in [4.69, 9.17) is 0 Å². The number of rotatable bonds is 6. The zero-order valence-electron chi connectivity index (χ0n) is 20.2. The van der Waals surface area contributed by atoms with Crippen molar-refractivity contribution in [3.63, 3.8) is 0 Å². The monoisotopic (exact) mass is 459 g/mol. The quantitative estimate of drug-likeness (QED) is 0.448. The van der Waals surface area contributed by atoms with Gasteiger partial charge in [-0.2, -0.15) is 0 Å². The summed E-state index contributed by atoms with van der Waals surface area (Å²) in [6, 6.07) is 16.2. The number of nitrogens with one attached hydrogen (secondary N) is 3. The molecule has 2 aliphatic carbocycles. The van der Waals surface area contributed by atoms with E-state index in [0.29, 0.717) is 5.56 Å². The van der Waals surface area contributed by atoms with E-state index < -0.39 is 5.66 Å². The van der Waals surface area contributed by atoms with Crippen molar-refractivity contribution in [2.75, 3.05) is 10.6 Å². The molecule has 5 rings (SSSR count). The van der Waals surface area contributed by atoms with Crippen LogP contribution in [-0.2, 0) is 10.5 Å². The Labute approximate surface area is 203 Å². The van der Waals surface area contributed by atoms with Crippen LogP contribution in [0.25, 0.3) is 0 Å². The molecule has 1 amide bonds. The minimum absolute atomic E-state index is 0.0182. The van der Waals surface area contributed by atoms with E-state index in [1.807, 2.05) is 36.4 Å². The van der Waals surface area contributed by atoms with E-state index in [9.17, 15) is 9.59 Å². The molecule has 0 aromatic heterocycles. The largest absolute Gasteiger partial charge is 0.357 e. The Balaban J connectivity index is 1.62. The summed E-state index contributed by atoms with van der Waals surface area (Å²) in [7, 11) is 0. The second-order valence-electron chi connectivity index (χ2n) is 10.4. The molecule has 0 radical (unpaired) electrons. The highest BCUT2D eigenvalue weighted by molar-refractivity contribution is 5.97. The average Bonchev–Trinajstić information content (AvgIpc) is 3.25. The van der Waals surface area contributed by atoms with Crippen LogP contribution in [-0.4, -0.2) is 17.7 Å². The lowest BCUT2D eigenvalue weighted by Crippen LogP contribution is -2.57. The number of benzene rings is 2. The third kappa shape index (κ3) is 4.33. The van der Waals surface area contributed by atoms with Crippen LogP contribution in [0.15, 0.2) is 48.5 Å². The number of hydrogen-bond donors (Lipinski definition) is 3. The summed E-state index contributed by atoms with van der Waals surface area (Å²) in [5.41, 5.74) is 2.63. The Morgan fingerprint density at radius 1 is 0.824 bits per heavy atom. The third-order valence-electron chi connectivity index (χ3n) is 8.14. The summed E-state index contributed by atoms with van der Waals surface area (Å²) in [4.78, 5) is 27.0. The van der Waals surface area contributed by atoms with Crippen molar-refractivity contribution < 1.29 is 9.59 Å².